The maximum atomic E-state index is 6.03. The van der Waals surface area contributed by atoms with E-state index in [9.17, 15) is 0 Å². The highest BCUT2D eigenvalue weighted by molar-refractivity contribution is 4.88. The first-order valence-corrected chi connectivity index (χ1v) is 8.21. The van der Waals surface area contributed by atoms with Gasteiger partial charge in [0.05, 0.1) is 12.7 Å². The van der Waals surface area contributed by atoms with Crippen molar-refractivity contribution in [2.75, 3.05) is 26.2 Å². The summed E-state index contributed by atoms with van der Waals surface area (Å²) in [6, 6.07) is 1.44. The molecule has 3 heteroatoms. The molecular weight excluding hydrogens is 236 g/mol. The third-order valence-electron chi connectivity index (χ3n) is 5.30. The molecular formula is C16H30N2O. The molecule has 2 saturated heterocycles. The van der Waals surface area contributed by atoms with Crippen molar-refractivity contribution in [3.05, 3.63) is 0 Å². The molecule has 110 valence electrons. The summed E-state index contributed by atoms with van der Waals surface area (Å²) in [4.78, 5) is 2.64. The number of hydrogen-bond acceptors (Lipinski definition) is 3. The predicted molar refractivity (Wildman–Crippen MR) is 78.4 cm³/mol. The van der Waals surface area contributed by atoms with Crippen LogP contribution in [-0.4, -0.2) is 49.3 Å². The summed E-state index contributed by atoms with van der Waals surface area (Å²) in [6.45, 7) is 9.26. The first-order valence-electron chi connectivity index (χ1n) is 8.21. The molecule has 0 spiro atoms. The van der Waals surface area contributed by atoms with E-state index in [-0.39, 0.29) is 0 Å². The smallest absolute Gasteiger partial charge is 0.0827 e. The molecule has 3 aliphatic rings. The van der Waals surface area contributed by atoms with Gasteiger partial charge in [-0.05, 0) is 44.1 Å². The minimum absolute atomic E-state index is 0.416. The fraction of sp³-hybridized carbons (Fsp3) is 1.00. The molecule has 2 aliphatic heterocycles. The molecule has 3 nitrogen and oxygen atoms in total. The van der Waals surface area contributed by atoms with Crippen LogP contribution in [0.3, 0.4) is 0 Å². The molecule has 3 rings (SSSR count). The van der Waals surface area contributed by atoms with E-state index < -0.39 is 0 Å². The van der Waals surface area contributed by atoms with Gasteiger partial charge in [0, 0.05) is 25.2 Å². The monoisotopic (exact) mass is 266 g/mol. The van der Waals surface area contributed by atoms with E-state index in [0.29, 0.717) is 17.6 Å². The van der Waals surface area contributed by atoms with E-state index in [1.54, 1.807) is 0 Å². The highest BCUT2D eigenvalue weighted by Crippen LogP contribution is 2.35. The van der Waals surface area contributed by atoms with Crippen LogP contribution < -0.4 is 5.32 Å². The SMILES string of the molecule is CC1(C)CCCC(NCC2CN3CCCC3CO2)C1. The molecule has 0 bridgehead atoms. The van der Waals surface area contributed by atoms with Gasteiger partial charge in [-0.1, -0.05) is 20.3 Å². The van der Waals surface area contributed by atoms with E-state index >= 15 is 0 Å². The lowest BCUT2D eigenvalue weighted by Gasteiger charge is -2.38. The van der Waals surface area contributed by atoms with Crippen LogP contribution in [0.25, 0.3) is 0 Å². The van der Waals surface area contributed by atoms with Crippen LogP contribution >= 0.6 is 0 Å². The van der Waals surface area contributed by atoms with E-state index in [1.165, 1.54) is 45.1 Å². The summed E-state index contributed by atoms with van der Waals surface area (Å²) >= 11 is 0. The Balaban J connectivity index is 1.42. The molecule has 3 unspecified atom stereocenters. The number of ether oxygens (including phenoxy) is 1. The number of fused-ring (bicyclic) bond motifs is 1. The topological polar surface area (TPSA) is 24.5 Å². The second kappa shape index (κ2) is 5.71. The number of nitrogens with one attached hydrogen (secondary N) is 1. The van der Waals surface area contributed by atoms with E-state index in [0.717, 1.165) is 25.7 Å². The Morgan fingerprint density at radius 3 is 3.00 bits per heavy atom. The van der Waals surface area contributed by atoms with Gasteiger partial charge in [-0.25, -0.2) is 0 Å². The Morgan fingerprint density at radius 1 is 1.26 bits per heavy atom. The highest BCUT2D eigenvalue weighted by atomic mass is 16.5. The second-order valence-electron chi connectivity index (χ2n) is 7.61. The standard InChI is InChI=1S/C16H30N2O/c1-16(2)7-3-5-13(9-16)17-10-15-11-18-8-4-6-14(18)12-19-15/h13-15,17H,3-12H2,1-2H3. The average molecular weight is 266 g/mol. The first kappa shape index (κ1) is 13.8. The number of rotatable bonds is 3. The minimum Gasteiger partial charge on any atom is -0.374 e. The zero-order chi connectivity index (χ0) is 13.3. The van der Waals surface area contributed by atoms with Gasteiger partial charge in [-0.2, -0.15) is 0 Å². The van der Waals surface area contributed by atoms with Crippen LogP contribution in [0.4, 0.5) is 0 Å². The summed E-state index contributed by atoms with van der Waals surface area (Å²) in [5.74, 6) is 0. The van der Waals surface area contributed by atoms with Crippen molar-refractivity contribution in [1.82, 2.24) is 10.2 Å². The van der Waals surface area contributed by atoms with E-state index in [2.05, 4.69) is 24.1 Å². The van der Waals surface area contributed by atoms with Gasteiger partial charge in [0.25, 0.3) is 0 Å². The maximum absolute atomic E-state index is 6.03. The van der Waals surface area contributed by atoms with Crippen molar-refractivity contribution in [1.29, 1.82) is 0 Å². The molecule has 0 aromatic carbocycles. The molecule has 0 aromatic heterocycles. The van der Waals surface area contributed by atoms with Gasteiger partial charge in [-0.3, -0.25) is 4.90 Å². The summed E-state index contributed by atoms with van der Waals surface area (Å²) < 4.78 is 6.03. The lowest BCUT2D eigenvalue weighted by molar-refractivity contribution is -0.0487. The van der Waals surface area contributed by atoms with Crippen molar-refractivity contribution in [3.63, 3.8) is 0 Å². The molecule has 2 heterocycles. The van der Waals surface area contributed by atoms with Crippen molar-refractivity contribution < 1.29 is 4.74 Å². The Kier molecular flexibility index (Phi) is 4.16. The summed E-state index contributed by atoms with van der Waals surface area (Å²) in [7, 11) is 0. The lowest BCUT2D eigenvalue weighted by atomic mass is 9.75. The van der Waals surface area contributed by atoms with Gasteiger partial charge in [0.2, 0.25) is 0 Å². The van der Waals surface area contributed by atoms with Crippen LogP contribution in [0.2, 0.25) is 0 Å². The molecule has 0 radical (unpaired) electrons. The molecule has 1 aliphatic carbocycles. The summed E-state index contributed by atoms with van der Waals surface area (Å²) in [5, 5.41) is 3.78. The van der Waals surface area contributed by atoms with Gasteiger partial charge < -0.3 is 10.1 Å². The normalized spacial score (nSPS) is 39.2. The fourth-order valence-electron chi connectivity index (χ4n) is 4.18. The van der Waals surface area contributed by atoms with E-state index in [1.807, 2.05) is 0 Å². The number of nitrogens with zero attached hydrogens (tertiary/aromatic N) is 1. The maximum Gasteiger partial charge on any atom is 0.0827 e. The third-order valence-corrected chi connectivity index (χ3v) is 5.30. The zero-order valence-corrected chi connectivity index (χ0v) is 12.7. The first-order chi connectivity index (χ1) is 9.12. The van der Waals surface area contributed by atoms with Gasteiger partial charge in [0.15, 0.2) is 0 Å². The van der Waals surface area contributed by atoms with Gasteiger partial charge in [-0.15, -0.1) is 0 Å². The minimum atomic E-state index is 0.416. The largest absolute Gasteiger partial charge is 0.374 e. The summed E-state index contributed by atoms with van der Waals surface area (Å²) in [6.07, 6.45) is 8.57. The number of hydrogen-bond donors (Lipinski definition) is 1. The Bertz CT molecular complexity index is 305. The lowest BCUT2D eigenvalue weighted by Crippen LogP contribution is -2.51. The predicted octanol–water partition coefficient (Wildman–Crippen LogP) is 2.41. The zero-order valence-electron chi connectivity index (χ0n) is 12.7. The molecule has 19 heavy (non-hydrogen) atoms. The average Bonchev–Trinajstić information content (AvgIpc) is 2.82. The van der Waals surface area contributed by atoms with Crippen LogP contribution in [0.15, 0.2) is 0 Å². The molecule has 0 amide bonds. The van der Waals surface area contributed by atoms with Crippen LogP contribution in [0.1, 0.15) is 52.4 Å². The molecule has 1 saturated carbocycles. The summed E-state index contributed by atoms with van der Waals surface area (Å²) in [5.41, 5.74) is 0.531. The van der Waals surface area contributed by atoms with Crippen molar-refractivity contribution in [2.45, 2.75) is 70.6 Å². The van der Waals surface area contributed by atoms with Crippen LogP contribution in [0, 0.1) is 5.41 Å². The highest BCUT2D eigenvalue weighted by Gasteiger charge is 2.33. The van der Waals surface area contributed by atoms with Crippen molar-refractivity contribution in [3.8, 4) is 0 Å². The van der Waals surface area contributed by atoms with Crippen LogP contribution in [0.5, 0.6) is 0 Å². The van der Waals surface area contributed by atoms with Crippen molar-refractivity contribution >= 4 is 0 Å². The quantitative estimate of drug-likeness (QED) is 0.849. The van der Waals surface area contributed by atoms with E-state index in [4.69, 9.17) is 4.74 Å². The second-order valence-corrected chi connectivity index (χ2v) is 7.61. The Morgan fingerprint density at radius 2 is 2.16 bits per heavy atom. The molecule has 0 aromatic rings. The Hall–Kier alpha value is -0.120. The Labute approximate surface area is 118 Å². The van der Waals surface area contributed by atoms with Crippen molar-refractivity contribution in [2.24, 2.45) is 5.41 Å². The third kappa shape index (κ3) is 3.50. The van der Waals surface area contributed by atoms with Crippen LogP contribution in [-0.2, 0) is 4.74 Å². The van der Waals surface area contributed by atoms with Gasteiger partial charge >= 0.3 is 0 Å². The fourth-order valence-corrected chi connectivity index (χ4v) is 4.18. The van der Waals surface area contributed by atoms with Gasteiger partial charge in [0.1, 0.15) is 0 Å². The molecule has 1 N–H and O–H groups in total. The molecule has 3 atom stereocenters. The molecule has 3 fully saturated rings. The number of morpholine rings is 1.